The minimum Gasteiger partial charge on any atom is -0.392 e. The lowest BCUT2D eigenvalue weighted by Gasteiger charge is -2.21. The van der Waals surface area contributed by atoms with Gasteiger partial charge in [0.2, 0.25) is 0 Å². The molecule has 0 spiro atoms. The predicted molar refractivity (Wildman–Crippen MR) is 74.6 cm³/mol. The molecule has 2 rings (SSSR count). The highest BCUT2D eigenvalue weighted by molar-refractivity contribution is 7.99. The molecular formula is C15H22OS. The van der Waals surface area contributed by atoms with E-state index in [4.69, 9.17) is 0 Å². The van der Waals surface area contributed by atoms with Gasteiger partial charge >= 0.3 is 0 Å². The Bertz CT molecular complexity index is 364. The fourth-order valence-corrected chi connectivity index (χ4v) is 4.01. The van der Waals surface area contributed by atoms with Gasteiger partial charge in [0.1, 0.15) is 0 Å². The van der Waals surface area contributed by atoms with Crippen molar-refractivity contribution in [2.24, 2.45) is 5.92 Å². The molecule has 0 aliphatic carbocycles. The number of aliphatic hydroxyl groups is 1. The molecule has 0 saturated heterocycles. The van der Waals surface area contributed by atoms with Crippen molar-refractivity contribution < 1.29 is 5.11 Å². The van der Waals surface area contributed by atoms with Gasteiger partial charge in [-0.25, -0.2) is 0 Å². The molecule has 0 fully saturated rings. The highest BCUT2D eigenvalue weighted by Crippen LogP contribution is 2.42. The Morgan fingerprint density at radius 1 is 1.41 bits per heavy atom. The summed E-state index contributed by atoms with van der Waals surface area (Å²) in [5.41, 5.74) is 1.36. The van der Waals surface area contributed by atoms with Gasteiger partial charge in [0.15, 0.2) is 0 Å². The van der Waals surface area contributed by atoms with Crippen LogP contribution < -0.4 is 0 Å². The van der Waals surface area contributed by atoms with Crippen molar-refractivity contribution in [1.82, 2.24) is 0 Å². The van der Waals surface area contributed by atoms with Gasteiger partial charge < -0.3 is 5.11 Å². The molecule has 0 radical (unpaired) electrons. The Kier molecular flexibility index (Phi) is 4.52. The van der Waals surface area contributed by atoms with E-state index >= 15 is 0 Å². The van der Waals surface area contributed by atoms with Crippen LogP contribution in [0.1, 0.15) is 44.6 Å². The zero-order valence-electron chi connectivity index (χ0n) is 10.7. The van der Waals surface area contributed by atoms with Crippen LogP contribution >= 0.6 is 11.8 Å². The number of aliphatic hydroxyl groups excluding tert-OH is 1. The normalized spacial score (nSPS) is 22.2. The van der Waals surface area contributed by atoms with Crippen LogP contribution in [0.2, 0.25) is 0 Å². The van der Waals surface area contributed by atoms with Crippen molar-refractivity contribution in [3.63, 3.8) is 0 Å². The molecule has 3 atom stereocenters. The van der Waals surface area contributed by atoms with Gasteiger partial charge in [0.05, 0.1) is 6.10 Å². The van der Waals surface area contributed by atoms with Gasteiger partial charge in [0.25, 0.3) is 0 Å². The van der Waals surface area contributed by atoms with Crippen molar-refractivity contribution >= 4 is 11.8 Å². The third-order valence-corrected chi connectivity index (χ3v) is 4.84. The van der Waals surface area contributed by atoms with Crippen molar-refractivity contribution in [2.45, 2.75) is 50.0 Å². The number of thioether (sulfide) groups is 1. The van der Waals surface area contributed by atoms with Crippen molar-refractivity contribution in [3.05, 3.63) is 29.8 Å². The first kappa shape index (κ1) is 13.0. The molecule has 1 aromatic rings. The fourth-order valence-electron chi connectivity index (χ4n) is 2.69. The maximum Gasteiger partial charge on any atom is 0.0619 e. The number of rotatable bonds is 5. The molecule has 1 N–H and O–H groups in total. The van der Waals surface area contributed by atoms with E-state index in [0.29, 0.717) is 11.8 Å². The highest BCUT2D eigenvalue weighted by atomic mass is 32.2. The summed E-state index contributed by atoms with van der Waals surface area (Å²) in [6.45, 7) is 4.46. The monoisotopic (exact) mass is 250 g/mol. The van der Waals surface area contributed by atoms with Crippen LogP contribution in [0.5, 0.6) is 0 Å². The van der Waals surface area contributed by atoms with E-state index in [-0.39, 0.29) is 6.10 Å². The Hall–Kier alpha value is -0.470. The number of hydrogen-bond acceptors (Lipinski definition) is 2. The smallest absolute Gasteiger partial charge is 0.0619 e. The largest absolute Gasteiger partial charge is 0.392 e. The minimum absolute atomic E-state index is 0.173. The second-order valence-corrected chi connectivity index (χ2v) is 6.21. The zero-order valence-corrected chi connectivity index (χ0v) is 11.5. The summed E-state index contributed by atoms with van der Waals surface area (Å²) in [5, 5.41) is 10.4. The van der Waals surface area contributed by atoms with E-state index in [0.717, 1.165) is 12.2 Å². The van der Waals surface area contributed by atoms with E-state index in [1.165, 1.54) is 23.3 Å². The average Bonchev–Trinajstić information content (AvgIpc) is 2.72. The summed E-state index contributed by atoms with van der Waals surface area (Å²) in [4.78, 5) is 1.36. The molecule has 0 aromatic heterocycles. The Balaban J connectivity index is 2.00. The molecule has 17 heavy (non-hydrogen) atoms. The van der Waals surface area contributed by atoms with Gasteiger partial charge in [-0.2, -0.15) is 0 Å². The first-order valence-corrected chi connectivity index (χ1v) is 7.60. The molecule has 1 heterocycles. The molecule has 0 saturated carbocycles. The Morgan fingerprint density at radius 3 is 2.94 bits per heavy atom. The van der Waals surface area contributed by atoms with E-state index < -0.39 is 0 Å². The van der Waals surface area contributed by atoms with E-state index in [9.17, 15) is 5.11 Å². The second kappa shape index (κ2) is 5.92. The van der Waals surface area contributed by atoms with Crippen molar-refractivity contribution in [1.29, 1.82) is 0 Å². The van der Waals surface area contributed by atoms with E-state index in [1.54, 1.807) is 0 Å². The summed E-state index contributed by atoms with van der Waals surface area (Å²) >= 11 is 1.88. The molecule has 0 amide bonds. The summed E-state index contributed by atoms with van der Waals surface area (Å²) in [6.07, 6.45) is 3.20. The molecule has 2 heteroatoms. The molecule has 1 aromatic carbocycles. The third-order valence-electron chi connectivity index (χ3n) is 3.63. The zero-order chi connectivity index (χ0) is 12.3. The van der Waals surface area contributed by atoms with E-state index in [2.05, 4.69) is 38.1 Å². The van der Waals surface area contributed by atoms with Crippen LogP contribution in [0.4, 0.5) is 0 Å². The first-order valence-electron chi connectivity index (χ1n) is 6.62. The Morgan fingerprint density at radius 2 is 2.18 bits per heavy atom. The quantitative estimate of drug-likeness (QED) is 0.850. The number of fused-ring (bicyclic) bond motifs is 1. The minimum atomic E-state index is -0.173. The fraction of sp³-hybridized carbons (Fsp3) is 0.600. The lowest BCUT2D eigenvalue weighted by atomic mass is 9.88. The van der Waals surface area contributed by atoms with Crippen LogP contribution in [0, 0.1) is 5.92 Å². The van der Waals surface area contributed by atoms with Crippen LogP contribution in [-0.4, -0.2) is 17.0 Å². The van der Waals surface area contributed by atoms with Crippen LogP contribution in [-0.2, 0) is 0 Å². The van der Waals surface area contributed by atoms with Gasteiger partial charge in [-0.1, -0.05) is 44.9 Å². The van der Waals surface area contributed by atoms with Crippen molar-refractivity contribution in [2.75, 3.05) is 5.75 Å². The van der Waals surface area contributed by atoms with Crippen LogP contribution in [0.25, 0.3) is 0 Å². The van der Waals surface area contributed by atoms with Gasteiger partial charge in [0, 0.05) is 16.6 Å². The molecule has 94 valence electrons. The molecule has 1 aliphatic heterocycles. The first-order chi connectivity index (χ1) is 8.22. The molecule has 1 nitrogen and oxygen atoms in total. The lowest BCUT2D eigenvalue weighted by Crippen LogP contribution is -2.21. The Labute approximate surface area is 109 Å². The highest BCUT2D eigenvalue weighted by Gasteiger charge is 2.29. The molecular weight excluding hydrogens is 228 g/mol. The summed E-state index contributed by atoms with van der Waals surface area (Å²) in [6, 6.07) is 8.51. The predicted octanol–water partition coefficient (Wildman–Crippen LogP) is 4.06. The van der Waals surface area contributed by atoms with Gasteiger partial charge in [-0.05, 0) is 24.0 Å². The van der Waals surface area contributed by atoms with E-state index in [1.807, 2.05) is 11.8 Å². The SMILES string of the molecule is CCCC(C)CC(O)C1CSc2ccccc21. The molecule has 0 bridgehead atoms. The standard InChI is InChI=1S/C15H22OS/c1-3-6-11(2)9-14(16)13-10-17-15-8-5-4-7-12(13)15/h4-5,7-8,11,13-14,16H,3,6,9-10H2,1-2H3. The molecule has 3 unspecified atom stereocenters. The maximum absolute atomic E-state index is 10.4. The second-order valence-electron chi connectivity index (χ2n) is 5.15. The number of benzene rings is 1. The third kappa shape index (κ3) is 3.05. The van der Waals surface area contributed by atoms with Gasteiger partial charge in [-0.3, -0.25) is 0 Å². The van der Waals surface area contributed by atoms with Crippen molar-refractivity contribution in [3.8, 4) is 0 Å². The summed E-state index contributed by atoms with van der Waals surface area (Å²) < 4.78 is 0. The topological polar surface area (TPSA) is 20.2 Å². The maximum atomic E-state index is 10.4. The van der Waals surface area contributed by atoms with Gasteiger partial charge in [-0.15, -0.1) is 11.8 Å². The van der Waals surface area contributed by atoms with Crippen LogP contribution in [0.15, 0.2) is 29.2 Å². The number of hydrogen-bond donors (Lipinski definition) is 1. The summed E-state index contributed by atoms with van der Waals surface area (Å²) in [7, 11) is 0. The summed E-state index contributed by atoms with van der Waals surface area (Å²) in [5.74, 6) is 2.02. The average molecular weight is 250 g/mol. The lowest BCUT2D eigenvalue weighted by molar-refractivity contribution is 0.122. The van der Waals surface area contributed by atoms with Crippen LogP contribution in [0.3, 0.4) is 0 Å². The molecule has 1 aliphatic rings.